The summed E-state index contributed by atoms with van der Waals surface area (Å²) in [6.45, 7) is 18.8. The van der Waals surface area contributed by atoms with Crippen LogP contribution >= 0.6 is 69.6 Å². The third kappa shape index (κ3) is 13.4. The molecule has 94 heavy (non-hydrogen) atoms. The molecule has 6 atom stereocenters. The van der Waals surface area contributed by atoms with Crippen LogP contribution in [0.25, 0.3) is 0 Å². The third-order valence-electron chi connectivity index (χ3n) is 18.4. The molecule has 16 heteroatoms. The number of carbonyl (C=O) groups excluding carboxylic acids is 3. The highest BCUT2D eigenvalue weighted by Crippen LogP contribution is 2.55. The maximum Gasteiger partial charge on any atom is 0.332 e. The molecule has 0 bridgehead atoms. The standard InChI is InChI=1S/C26H26Cl2N2O2.2C26H26Cl2N2O/c1-4-16-25(3)26(32,19-7-5-6-18(2)17-19)30(23-14-10-21(28)11-15-23)24(31)29(25)22-12-8-20(27)9-13-22;2*1-4-16-26(3)24(19-7-5-6-18(2)17-19)29(22-12-8-20(27)9-13-22)25(31)30(26)23-14-10-21(28)11-15-23/h5-15,17,32H,4,16H2,1-3H3;2*5-15,17,24H,4,16H2,1-3H3/t25-,26?;24?,26-;24-,26-/m000/s1. The van der Waals surface area contributed by atoms with Crippen LogP contribution < -0.4 is 29.4 Å². The first-order valence-electron chi connectivity index (χ1n) is 31.8. The van der Waals surface area contributed by atoms with Gasteiger partial charge in [-0.25, -0.2) is 14.4 Å². The topological polar surface area (TPSA) is 90.9 Å². The van der Waals surface area contributed by atoms with Crippen molar-refractivity contribution < 1.29 is 19.5 Å². The van der Waals surface area contributed by atoms with Crippen LogP contribution in [0.5, 0.6) is 0 Å². The number of aryl methyl sites for hydroxylation is 3. The van der Waals surface area contributed by atoms with Gasteiger partial charge in [-0.15, -0.1) is 0 Å². The van der Waals surface area contributed by atoms with Gasteiger partial charge in [0.15, 0.2) is 5.72 Å². The lowest BCUT2D eigenvalue weighted by molar-refractivity contribution is -0.0140. The second kappa shape index (κ2) is 28.8. The highest BCUT2D eigenvalue weighted by Gasteiger charge is 2.66. The highest BCUT2D eigenvalue weighted by atomic mass is 35.5. The van der Waals surface area contributed by atoms with Crippen LogP contribution in [0, 0.1) is 20.8 Å². The molecule has 6 amide bonds. The molecule has 3 fully saturated rings. The number of benzene rings is 9. The van der Waals surface area contributed by atoms with E-state index in [1.165, 1.54) is 16.0 Å². The molecule has 1 N–H and O–H groups in total. The van der Waals surface area contributed by atoms with Crippen LogP contribution in [-0.4, -0.2) is 39.8 Å². The fraction of sp³-hybridized carbons (Fsp3) is 0.269. The zero-order valence-electron chi connectivity index (χ0n) is 54.3. The molecule has 0 saturated carbocycles. The van der Waals surface area contributed by atoms with E-state index in [0.717, 1.165) is 71.5 Å². The number of anilines is 6. The predicted octanol–water partition coefficient (Wildman–Crippen LogP) is 23.2. The second-order valence-electron chi connectivity index (χ2n) is 25.2. The van der Waals surface area contributed by atoms with Gasteiger partial charge in [-0.05, 0) is 218 Å². The van der Waals surface area contributed by atoms with Crippen molar-refractivity contribution in [3.05, 3.63) is 282 Å². The molecule has 0 radical (unpaired) electrons. The number of carbonyl (C=O) groups is 3. The number of halogens is 6. The van der Waals surface area contributed by atoms with Crippen molar-refractivity contribution >= 4 is 122 Å². The summed E-state index contributed by atoms with van der Waals surface area (Å²) < 4.78 is 0. The largest absolute Gasteiger partial charge is 0.364 e. The Morgan fingerprint density at radius 3 is 0.947 bits per heavy atom. The predicted molar refractivity (Wildman–Crippen MR) is 393 cm³/mol. The number of aliphatic hydroxyl groups is 1. The Kier molecular flexibility index (Phi) is 21.3. The Balaban J connectivity index is 0.000000154. The van der Waals surface area contributed by atoms with Crippen LogP contribution in [-0.2, 0) is 5.72 Å². The lowest BCUT2D eigenvalue weighted by Crippen LogP contribution is -2.58. The maximum absolute atomic E-state index is 14.1. The van der Waals surface area contributed by atoms with E-state index in [0.29, 0.717) is 53.5 Å². The van der Waals surface area contributed by atoms with Crippen molar-refractivity contribution in [2.75, 3.05) is 29.4 Å². The Morgan fingerprint density at radius 1 is 0.351 bits per heavy atom. The van der Waals surface area contributed by atoms with Gasteiger partial charge in [0.1, 0.15) is 0 Å². The molecule has 0 spiro atoms. The van der Waals surface area contributed by atoms with Gasteiger partial charge in [0.2, 0.25) is 0 Å². The van der Waals surface area contributed by atoms with Gasteiger partial charge in [-0.2, -0.15) is 0 Å². The summed E-state index contributed by atoms with van der Waals surface area (Å²) >= 11 is 36.8. The monoisotopic (exact) mass is 1370 g/mol. The molecule has 10 nitrogen and oxygen atoms in total. The summed E-state index contributed by atoms with van der Waals surface area (Å²) in [7, 11) is 0. The lowest BCUT2D eigenvalue weighted by atomic mass is 9.78. The Labute approximate surface area is 583 Å². The van der Waals surface area contributed by atoms with Crippen LogP contribution in [0.3, 0.4) is 0 Å². The molecule has 3 heterocycles. The smallest absolute Gasteiger partial charge is 0.332 e. The molecule has 0 aliphatic carbocycles. The quantitative estimate of drug-likeness (QED) is 0.111. The second-order valence-corrected chi connectivity index (χ2v) is 27.8. The summed E-state index contributed by atoms with van der Waals surface area (Å²) in [6.07, 6.45) is 4.95. The van der Waals surface area contributed by atoms with E-state index in [-0.39, 0.29) is 30.2 Å². The fourth-order valence-electron chi connectivity index (χ4n) is 14.4. The van der Waals surface area contributed by atoms with E-state index in [4.69, 9.17) is 69.6 Å². The number of hydrogen-bond donors (Lipinski definition) is 1. The van der Waals surface area contributed by atoms with Crippen molar-refractivity contribution in [3.63, 3.8) is 0 Å². The van der Waals surface area contributed by atoms with Crippen molar-refractivity contribution in [2.45, 2.75) is 135 Å². The number of rotatable bonds is 15. The van der Waals surface area contributed by atoms with Gasteiger partial charge in [0.25, 0.3) is 0 Å². The lowest BCUT2D eigenvalue weighted by Gasteiger charge is -2.45. The first kappa shape index (κ1) is 69.3. The van der Waals surface area contributed by atoms with E-state index in [2.05, 4.69) is 97.0 Å². The molecular weight excluding hydrogens is 1300 g/mol. The third-order valence-corrected chi connectivity index (χ3v) is 19.9. The van der Waals surface area contributed by atoms with E-state index < -0.39 is 22.3 Å². The molecule has 9 aromatic carbocycles. The SMILES string of the molecule is CCC[C@@]1(C)C(c2cccc(C)c2)N(c2ccc(Cl)cc2)C(=O)N1c1ccc(Cl)cc1.CCC[C@@]1(C)[C@H](c2cccc(C)c2)N(c2ccc(Cl)cc2)C(=O)N1c1ccc(Cl)cc1.CCC[C@]1(C)N(c2ccc(Cl)cc2)C(=O)N(c2ccc(Cl)cc2)C1(O)c1cccc(C)c1. The average Bonchev–Trinajstić information content (AvgIpc) is 1.53. The maximum atomic E-state index is 14.1. The first-order valence-corrected chi connectivity index (χ1v) is 34.1. The molecule has 0 aromatic heterocycles. The summed E-state index contributed by atoms with van der Waals surface area (Å²) in [5, 5.41) is 16.3. The number of urea groups is 3. The van der Waals surface area contributed by atoms with Crippen molar-refractivity contribution in [1.29, 1.82) is 0 Å². The van der Waals surface area contributed by atoms with Gasteiger partial charge < -0.3 is 5.11 Å². The minimum Gasteiger partial charge on any atom is -0.364 e. The van der Waals surface area contributed by atoms with Crippen LogP contribution in [0.4, 0.5) is 48.5 Å². The summed E-state index contributed by atoms with van der Waals surface area (Å²) in [5.41, 5.74) is 7.37. The van der Waals surface area contributed by atoms with Gasteiger partial charge >= 0.3 is 18.1 Å². The number of amides is 6. The number of nitrogens with zero attached hydrogens (tertiary/aromatic N) is 6. The zero-order valence-corrected chi connectivity index (χ0v) is 58.8. The molecule has 3 saturated heterocycles. The summed E-state index contributed by atoms with van der Waals surface area (Å²) in [4.78, 5) is 53.0. The summed E-state index contributed by atoms with van der Waals surface area (Å²) in [6, 6.07) is 68.0. The van der Waals surface area contributed by atoms with Crippen molar-refractivity contribution in [3.8, 4) is 0 Å². The van der Waals surface area contributed by atoms with Crippen LogP contribution in [0.1, 0.15) is 126 Å². The van der Waals surface area contributed by atoms with Crippen LogP contribution in [0.15, 0.2) is 218 Å². The Bertz CT molecular complexity index is 3970. The van der Waals surface area contributed by atoms with Gasteiger partial charge in [-0.1, -0.05) is 199 Å². The Hall–Kier alpha value is -7.51. The summed E-state index contributed by atoms with van der Waals surface area (Å²) in [5.74, 6) is 0. The minimum atomic E-state index is -1.63. The van der Waals surface area contributed by atoms with Gasteiger partial charge in [-0.3, -0.25) is 29.4 Å². The normalized spacial score (nSPS) is 21.8. The molecule has 9 aromatic rings. The minimum absolute atomic E-state index is 0.0490. The van der Waals surface area contributed by atoms with E-state index in [1.807, 2.05) is 167 Å². The van der Waals surface area contributed by atoms with Crippen molar-refractivity contribution in [1.82, 2.24) is 0 Å². The van der Waals surface area contributed by atoms with Gasteiger partial charge in [0.05, 0.1) is 28.7 Å². The Morgan fingerprint density at radius 2 is 0.638 bits per heavy atom. The van der Waals surface area contributed by atoms with Gasteiger partial charge in [0, 0.05) is 69.8 Å². The molecule has 3 aliphatic heterocycles. The number of hydrogen-bond acceptors (Lipinski definition) is 4. The van der Waals surface area contributed by atoms with E-state index in [1.54, 1.807) is 41.3 Å². The molecule has 2 unspecified atom stereocenters. The zero-order chi connectivity index (χ0) is 67.4. The van der Waals surface area contributed by atoms with Crippen molar-refractivity contribution in [2.24, 2.45) is 0 Å². The highest BCUT2D eigenvalue weighted by molar-refractivity contribution is 6.32. The average molecular weight is 1380 g/mol. The van der Waals surface area contributed by atoms with E-state index >= 15 is 0 Å². The molecule has 12 rings (SSSR count). The molecule has 3 aliphatic rings. The molecule has 486 valence electrons. The van der Waals surface area contributed by atoms with Crippen LogP contribution in [0.2, 0.25) is 30.1 Å². The molecular formula is C78H78Cl6N6O4. The first-order chi connectivity index (χ1) is 44.9. The fourth-order valence-corrected chi connectivity index (χ4v) is 15.1. The van der Waals surface area contributed by atoms with E-state index in [9.17, 15) is 19.5 Å².